The van der Waals surface area contributed by atoms with Gasteiger partial charge in [0.2, 0.25) is 0 Å². The van der Waals surface area contributed by atoms with Crippen molar-refractivity contribution in [1.82, 2.24) is 9.97 Å². The number of hydrogen-bond donors (Lipinski definition) is 1. The van der Waals surface area contributed by atoms with Gasteiger partial charge in [0, 0.05) is 9.77 Å². The number of fused-ring (bicyclic) bond motifs is 1. The van der Waals surface area contributed by atoms with Crippen LogP contribution < -0.4 is 0 Å². The summed E-state index contributed by atoms with van der Waals surface area (Å²) in [5, 5.41) is 10.8. The topological polar surface area (TPSA) is 46.0 Å². The van der Waals surface area contributed by atoms with E-state index in [-0.39, 0.29) is 5.75 Å². The van der Waals surface area contributed by atoms with Gasteiger partial charge in [-0.1, -0.05) is 11.6 Å². The second-order valence-corrected chi connectivity index (χ2v) is 7.29. The summed E-state index contributed by atoms with van der Waals surface area (Å²) in [5.41, 5.74) is 1.16. The van der Waals surface area contributed by atoms with Crippen LogP contribution in [-0.4, -0.2) is 15.1 Å². The minimum Gasteiger partial charge on any atom is -0.508 e. The molecule has 21 heavy (non-hydrogen) atoms. The number of nitrogens with zero attached hydrogens (tertiary/aromatic N) is 2. The van der Waals surface area contributed by atoms with Gasteiger partial charge in [0.1, 0.15) is 21.6 Å². The number of rotatable bonds is 3. The third-order valence-corrected chi connectivity index (χ3v) is 5.62. The lowest BCUT2D eigenvalue weighted by molar-refractivity contribution is 0.475. The summed E-state index contributed by atoms with van der Waals surface area (Å²) in [6.07, 6.45) is 0. The van der Waals surface area contributed by atoms with Crippen LogP contribution in [0.25, 0.3) is 10.2 Å². The Hall–Kier alpha value is -1.30. The van der Waals surface area contributed by atoms with Crippen molar-refractivity contribution in [2.75, 3.05) is 0 Å². The van der Waals surface area contributed by atoms with Crippen molar-refractivity contribution in [1.29, 1.82) is 0 Å². The highest BCUT2D eigenvalue weighted by Crippen LogP contribution is 2.34. The average molecular weight is 337 g/mol. The number of hydrogen-bond acceptors (Lipinski definition) is 5. The highest BCUT2D eigenvalue weighted by Gasteiger charge is 2.13. The van der Waals surface area contributed by atoms with Crippen LogP contribution in [0.15, 0.2) is 29.2 Å². The average Bonchev–Trinajstić information content (AvgIpc) is 2.74. The minimum atomic E-state index is 0.268. The summed E-state index contributed by atoms with van der Waals surface area (Å²) in [6, 6.07) is 7.09. The molecule has 0 radical (unpaired) electrons. The van der Waals surface area contributed by atoms with E-state index in [1.54, 1.807) is 35.2 Å². The number of phenols is 1. The highest BCUT2D eigenvalue weighted by molar-refractivity contribution is 7.98. The smallest absolute Gasteiger partial charge is 0.142 e. The molecule has 0 atom stereocenters. The van der Waals surface area contributed by atoms with E-state index in [1.807, 2.05) is 19.1 Å². The lowest BCUT2D eigenvalue weighted by Gasteiger charge is -2.03. The fourth-order valence-corrected chi connectivity index (χ4v) is 4.18. The molecule has 0 unspecified atom stereocenters. The summed E-state index contributed by atoms with van der Waals surface area (Å²) >= 11 is 9.57. The van der Waals surface area contributed by atoms with E-state index in [2.05, 4.69) is 16.9 Å². The SMILES string of the molecule is Cc1sc2nc(CSc3ccc(O)cc3)nc(Cl)c2c1C. The van der Waals surface area contributed by atoms with E-state index >= 15 is 0 Å². The summed E-state index contributed by atoms with van der Waals surface area (Å²) in [7, 11) is 0. The molecule has 3 nitrogen and oxygen atoms in total. The third-order valence-electron chi connectivity index (χ3n) is 3.24. The number of aryl methyl sites for hydroxylation is 2. The molecule has 0 amide bonds. The van der Waals surface area contributed by atoms with Crippen molar-refractivity contribution >= 4 is 44.9 Å². The molecule has 0 spiro atoms. The zero-order valence-corrected chi connectivity index (χ0v) is 13.9. The third kappa shape index (κ3) is 3.00. The van der Waals surface area contributed by atoms with E-state index < -0.39 is 0 Å². The molecule has 0 saturated heterocycles. The normalized spacial score (nSPS) is 11.2. The van der Waals surface area contributed by atoms with Gasteiger partial charge in [-0.2, -0.15) is 0 Å². The van der Waals surface area contributed by atoms with Gasteiger partial charge in [-0.05, 0) is 43.7 Å². The standard InChI is InChI=1S/C15H13ClN2OS2/c1-8-9(2)21-15-13(8)14(16)17-12(18-15)7-20-11-5-3-10(19)4-6-11/h3-6,19H,7H2,1-2H3. The van der Waals surface area contributed by atoms with E-state index in [9.17, 15) is 5.11 Å². The quantitative estimate of drug-likeness (QED) is 0.542. The Balaban J connectivity index is 1.86. The van der Waals surface area contributed by atoms with Crippen molar-refractivity contribution in [2.24, 2.45) is 0 Å². The van der Waals surface area contributed by atoms with Crippen LogP contribution in [0.4, 0.5) is 0 Å². The molecule has 3 aromatic rings. The molecule has 0 aliphatic rings. The summed E-state index contributed by atoms with van der Waals surface area (Å²) in [6.45, 7) is 4.12. The molecule has 6 heteroatoms. The molecule has 1 N–H and O–H groups in total. The number of aromatic nitrogens is 2. The second-order valence-electron chi connectivity index (χ2n) is 4.68. The van der Waals surface area contributed by atoms with Crippen molar-refractivity contribution in [3.8, 4) is 5.75 Å². The Morgan fingerprint density at radius 2 is 1.90 bits per heavy atom. The van der Waals surface area contributed by atoms with Gasteiger partial charge in [0.15, 0.2) is 0 Å². The van der Waals surface area contributed by atoms with Crippen molar-refractivity contribution in [3.63, 3.8) is 0 Å². The van der Waals surface area contributed by atoms with Crippen LogP contribution >= 0.6 is 34.7 Å². The zero-order valence-electron chi connectivity index (χ0n) is 11.6. The van der Waals surface area contributed by atoms with Crippen molar-refractivity contribution < 1.29 is 5.11 Å². The highest BCUT2D eigenvalue weighted by atomic mass is 35.5. The van der Waals surface area contributed by atoms with Crippen LogP contribution in [0.5, 0.6) is 5.75 Å². The van der Waals surface area contributed by atoms with Gasteiger partial charge in [-0.3, -0.25) is 0 Å². The summed E-state index contributed by atoms with van der Waals surface area (Å²) < 4.78 is 0. The first-order valence-electron chi connectivity index (χ1n) is 6.38. The number of benzene rings is 1. The molecular weight excluding hydrogens is 324 g/mol. The Labute approximate surface area is 136 Å². The number of thioether (sulfide) groups is 1. The molecule has 2 aromatic heterocycles. The molecule has 0 aliphatic heterocycles. The number of aromatic hydroxyl groups is 1. The fraction of sp³-hybridized carbons (Fsp3) is 0.200. The predicted octanol–water partition coefficient (Wildman–Crippen LogP) is 4.96. The van der Waals surface area contributed by atoms with Crippen LogP contribution in [0.1, 0.15) is 16.3 Å². The molecule has 1 aromatic carbocycles. The maximum Gasteiger partial charge on any atom is 0.142 e. The summed E-state index contributed by atoms with van der Waals surface area (Å²) in [5.74, 6) is 1.65. The second kappa shape index (κ2) is 5.83. The van der Waals surface area contributed by atoms with Gasteiger partial charge in [0.05, 0.1) is 11.1 Å². The first-order valence-corrected chi connectivity index (χ1v) is 8.56. The maximum absolute atomic E-state index is 9.27. The lowest BCUT2D eigenvalue weighted by atomic mass is 10.2. The molecule has 3 rings (SSSR count). The Morgan fingerprint density at radius 1 is 1.19 bits per heavy atom. The van der Waals surface area contributed by atoms with Gasteiger partial charge >= 0.3 is 0 Å². The molecule has 0 fully saturated rings. The van der Waals surface area contributed by atoms with E-state index in [1.165, 1.54) is 4.88 Å². The Morgan fingerprint density at radius 3 is 2.62 bits per heavy atom. The van der Waals surface area contributed by atoms with Gasteiger partial charge < -0.3 is 5.11 Å². The first-order chi connectivity index (χ1) is 10.0. The molecule has 2 heterocycles. The predicted molar refractivity (Wildman–Crippen MR) is 89.6 cm³/mol. The van der Waals surface area contributed by atoms with Crippen LogP contribution in [-0.2, 0) is 5.75 Å². The molecule has 0 saturated carbocycles. The van der Waals surface area contributed by atoms with E-state index in [0.717, 1.165) is 26.5 Å². The molecule has 0 aliphatic carbocycles. The maximum atomic E-state index is 9.27. The van der Waals surface area contributed by atoms with Crippen LogP contribution in [0.3, 0.4) is 0 Å². The molecule has 108 valence electrons. The van der Waals surface area contributed by atoms with Crippen molar-refractivity contribution in [3.05, 3.63) is 45.7 Å². The van der Waals surface area contributed by atoms with Gasteiger partial charge in [-0.25, -0.2) is 9.97 Å². The zero-order chi connectivity index (χ0) is 15.0. The number of thiophene rings is 1. The lowest BCUT2D eigenvalue weighted by Crippen LogP contribution is -1.93. The van der Waals surface area contributed by atoms with Crippen molar-refractivity contribution in [2.45, 2.75) is 24.5 Å². The number of phenolic OH excluding ortho intramolecular Hbond substituents is 1. The molecule has 0 bridgehead atoms. The monoisotopic (exact) mass is 336 g/mol. The largest absolute Gasteiger partial charge is 0.508 e. The van der Waals surface area contributed by atoms with Gasteiger partial charge in [-0.15, -0.1) is 23.1 Å². The number of halogens is 1. The first kappa shape index (κ1) is 14.6. The fourth-order valence-electron chi connectivity index (χ4n) is 2.00. The Kier molecular flexibility index (Phi) is 4.06. The van der Waals surface area contributed by atoms with Crippen LogP contribution in [0.2, 0.25) is 5.15 Å². The molecular formula is C15H13ClN2OS2. The van der Waals surface area contributed by atoms with E-state index in [4.69, 9.17) is 11.6 Å². The Bertz CT molecular complexity index is 800. The van der Waals surface area contributed by atoms with Crippen LogP contribution in [0, 0.1) is 13.8 Å². The summed E-state index contributed by atoms with van der Waals surface area (Å²) in [4.78, 5) is 12.2. The van der Waals surface area contributed by atoms with Gasteiger partial charge in [0.25, 0.3) is 0 Å². The van der Waals surface area contributed by atoms with E-state index in [0.29, 0.717) is 10.9 Å². The minimum absolute atomic E-state index is 0.268.